The Kier molecular flexibility index (Phi) is 4.28. The fourth-order valence-corrected chi connectivity index (χ4v) is 1.05. The van der Waals surface area contributed by atoms with E-state index in [0.717, 1.165) is 5.06 Å². The molecule has 0 saturated heterocycles. The molecule has 0 fully saturated rings. The van der Waals surface area contributed by atoms with E-state index in [1.165, 1.54) is 0 Å². The Balaban J connectivity index is 2.86. The summed E-state index contributed by atoms with van der Waals surface area (Å²) in [6.45, 7) is 1.99. The minimum atomic E-state index is -0.806. The summed E-state index contributed by atoms with van der Waals surface area (Å²) in [5.74, 6) is -0.0967. The van der Waals surface area contributed by atoms with Crippen molar-refractivity contribution in [2.24, 2.45) is 16.5 Å². The number of nitrogens with two attached hydrogens (primary N) is 2. The zero-order chi connectivity index (χ0) is 12.0. The molecule has 0 aliphatic rings. The number of hydrogen-bond donors (Lipinski definition) is 2. The Bertz CT molecular complexity index is 378. The summed E-state index contributed by atoms with van der Waals surface area (Å²) in [6, 6.07) is 8.15. The van der Waals surface area contributed by atoms with Gasteiger partial charge in [-0.15, -0.1) is 5.06 Å². The van der Waals surface area contributed by atoms with Crippen molar-refractivity contribution >= 4 is 17.7 Å². The number of primary amides is 1. The predicted octanol–water partition coefficient (Wildman–Crippen LogP) is 0.965. The third-order valence-corrected chi connectivity index (χ3v) is 1.67. The number of hydroxylamine groups is 2. The Morgan fingerprint density at radius 3 is 2.50 bits per heavy atom. The van der Waals surface area contributed by atoms with Gasteiger partial charge in [-0.25, -0.2) is 9.79 Å². The maximum absolute atomic E-state index is 11.0. The maximum atomic E-state index is 11.0. The van der Waals surface area contributed by atoms with Gasteiger partial charge in [0.05, 0.1) is 12.3 Å². The monoisotopic (exact) mass is 222 g/mol. The Hall–Kier alpha value is -2.08. The molecule has 0 radical (unpaired) electrons. The number of hydrogen-bond acceptors (Lipinski definition) is 3. The zero-order valence-corrected chi connectivity index (χ0v) is 8.96. The average molecular weight is 222 g/mol. The van der Waals surface area contributed by atoms with Crippen molar-refractivity contribution in [1.29, 1.82) is 0 Å². The van der Waals surface area contributed by atoms with Crippen LogP contribution in [0.5, 0.6) is 0 Å². The van der Waals surface area contributed by atoms with Crippen molar-refractivity contribution < 1.29 is 9.63 Å². The van der Waals surface area contributed by atoms with Gasteiger partial charge in [0.1, 0.15) is 0 Å². The quantitative estimate of drug-likeness (QED) is 0.453. The Morgan fingerprint density at radius 2 is 2.00 bits per heavy atom. The van der Waals surface area contributed by atoms with Crippen molar-refractivity contribution in [3.63, 3.8) is 0 Å². The van der Waals surface area contributed by atoms with Gasteiger partial charge in [-0.2, -0.15) is 0 Å². The summed E-state index contributed by atoms with van der Waals surface area (Å²) in [7, 11) is 0. The third kappa shape index (κ3) is 3.25. The molecule has 0 aromatic heterocycles. The largest absolute Gasteiger partial charge is 0.367 e. The normalized spacial score (nSPS) is 11.2. The number of aliphatic imine (C=N–C) groups is 1. The van der Waals surface area contributed by atoms with Crippen LogP contribution in [0.25, 0.3) is 0 Å². The molecule has 0 unspecified atom stereocenters. The van der Waals surface area contributed by atoms with Crippen LogP contribution in [0, 0.1) is 0 Å². The standard InChI is InChI=1S/C10H14N4O2/c1-2-16-14(10(12)15)9(11)13-8-6-4-3-5-7-8/h3-7H,2H2,1H3,(H2,11,13)(H2,12,15). The van der Waals surface area contributed by atoms with Crippen molar-refractivity contribution in [2.45, 2.75) is 6.92 Å². The number of para-hydroxylation sites is 1. The predicted molar refractivity (Wildman–Crippen MR) is 60.8 cm³/mol. The first-order valence-corrected chi connectivity index (χ1v) is 4.76. The first-order valence-electron chi connectivity index (χ1n) is 4.76. The van der Waals surface area contributed by atoms with Gasteiger partial charge in [0.15, 0.2) is 0 Å². The molecule has 0 spiro atoms. The SMILES string of the molecule is CCON(C(N)=O)C(N)=Nc1ccccc1. The van der Waals surface area contributed by atoms with Crippen LogP contribution < -0.4 is 11.5 Å². The van der Waals surface area contributed by atoms with Crippen LogP contribution in [-0.4, -0.2) is 23.7 Å². The lowest BCUT2D eigenvalue weighted by atomic mass is 10.3. The van der Waals surface area contributed by atoms with Gasteiger partial charge in [-0.1, -0.05) is 18.2 Å². The fourth-order valence-electron chi connectivity index (χ4n) is 1.05. The summed E-state index contributed by atoms with van der Waals surface area (Å²) in [5, 5.41) is 0.757. The van der Waals surface area contributed by atoms with Crippen LogP contribution in [0.4, 0.5) is 10.5 Å². The molecule has 0 aliphatic heterocycles. The highest BCUT2D eigenvalue weighted by Crippen LogP contribution is 2.10. The highest BCUT2D eigenvalue weighted by atomic mass is 16.7. The van der Waals surface area contributed by atoms with E-state index in [2.05, 4.69) is 4.99 Å². The van der Waals surface area contributed by atoms with E-state index >= 15 is 0 Å². The smallest absolute Gasteiger partial charge is 0.346 e. The molecule has 0 heterocycles. The molecule has 0 atom stereocenters. The Morgan fingerprint density at radius 1 is 1.38 bits per heavy atom. The highest BCUT2D eigenvalue weighted by Gasteiger charge is 2.14. The first kappa shape index (κ1) is 12.0. The lowest BCUT2D eigenvalue weighted by molar-refractivity contribution is -0.0530. The van der Waals surface area contributed by atoms with Gasteiger partial charge in [-0.05, 0) is 19.1 Å². The summed E-state index contributed by atoms with van der Waals surface area (Å²) < 4.78 is 0. The van der Waals surface area contributed by atoms with Crippen LogP contribution in [0.3, 0.4) is 0 Å². The maximum Gasteiger partial charge on any atom is 0.346 e. The molecule has 0 saturated carbocycles. The second-order valence-electron chi connectivity index (χ2n) is 2.86. The number of carbonyl (C=O) groups excluding carboxylic acids is 1. The minimum absolute atomic E-state index is 0.0967. The van der Waals surface area contributed by atoms with Crippen LogP contribution >= 0.6 is 0 Å². The van der Waals surface area contributed by atoms with Gasteiger partial charge in [0.25, 0.3) is 0 Å². The number of rotatable bonds is 3. The molecule has 0 aliphatic carbocycles. The van der Waals surface area contributed by atoms with Crippen molar-refractivity contribution in [3.05, 3.63) is 30.3 Å². The molecule has 1 rings (SSSR count). The third-order valence-electron chi connectivity index (χ3n) is 1.67. The lowest BCUT2D eigenvalue weighted by Crippen LogP contribution is -2.44. The fraction of sp³-hybridized carbons (Fsp3) is 0.200. The van der Waals surface area contributed by atoms with Crippen LogP contribution in [0.15, 0.2) is 35.3 Å². The van der Waals surface area contributed by atoms with Gasteiger partial charge in [0.2, 0.25) is 5.96 Å². The minimum Gasteiger partial charge on any atom is -0.367 e. The van der Waals surface area contributed by atoms with Gasteiger partial charge in [-0.3, -0.25) is 4.84 Å². The first-order chi connectivity index (χ1) is 7.65. The molecule has 1 aromatic rings. The number of guanidine groups is 1. The van der Waals surface area contributed by atoms with E-state index in [-0.39, 0.29) is 12.6 Å². The molecule has 6 heteroatoms. The molecule has 1 aromatic carbocycles. The van der Waals surface area contributed by atoms with Crippen LogP contribution in [-0.2, 0) is 4.84 Å². The van der Waals surface area contributed by atoms with E-state index in [1.54, 1.807) is 31.2 Å². The topological polar surface area (TPSA) is 93.9 Å². The van der Waals surface area contributed by atoms with Gasteiger partial charge >= 0.3 is 6.03 Å². The molecule has 0 bridgehead atoms. The molecule has 6 nitrogen and oxygen atoms in total. The van der Waals surface area contributed by atoms with Crippen LogP contribution in [0.1, 0.15) is 6.92 Å². The number of urea groups is 1. The molecular formula is C10H14N4O2. The second-order valence-corrected chi connectivity index (χ2v) is 2.86. The number of benzene rings is 1. The molecule has 86 valence electrons. The van der Waals surface area contributed by atoms with Crippen LogP contribution in [0.2, 0.25) is 0 Å². The van der Waals surface area contributed by atoms with Crippen molar-refractivity contribution in [3.8, 4) is 0 Å². The molecule has 16 heavy (non-hydrogen) atoms. The van der Waals surface area contributed by atoms with E-state index in [0.29, 0.717) is 5.69 Å². The average Bonchev–Trinajstić information content (AvgIpc) is 2.26. The van der Waals surface area contributed by atoms with Gasteiger partial charge in [0, 0.05) is 0 Å². The van der Waals surface area contributed by atoms with Crippen molar-refractivity contribution in [2.75, 3.05) is 6.61 Å². The number of carbonyl (C=O) groups is 1. The summed E-state index contributed by atoms with van der Waals surface area (Å²) >= 11 is 0. The van der Waals surface area contributed by atoms with Gasteiger partial charge < -0.3 is 11.5 Å². The van der Waals surface area contributed by atoms with E-state index in [1.807, 2.05) is 6.07 Å². The lowest BCUT2D eigenvalue weighted by Gasteiger charge is -2.16. The van der Waals surface area contributed by atoms with E-state index in [9.17, 15) is 4.79 Å². The highest BCUT2D eigenvalue weighted by molar-refractivity contribution is 5.94. The Labute approximate surface area is 93.5 Å². The molecule has 2 amide bonds. The summed E-state index contributed by atoms with van der Waals surface area (Å²) in [6.07, 6.45) is 0. The summed E-state index contributed by atoms with van der Waals surface area (Å²) in [4.78, 5) is 19.9. The number of amides is 2. The molecule has 4 N–H and O–H groups in total. The summed E-state index contributed by atoms with van der Waals surface area (Å²) in [5.41, 5.74) is 11.3. The zero-order valence-electron chi connectivity index (χ0n) is 8.96. The van der Waals surface area contributed by atoms with E-state index in [4.69, 9.17) is 16.3 Å². The van der Waals surface area contributed by atoms with Crippen molar-refractivity contribution in [1.82, 2.24) is 5.06 Å². The van der Waals surface area contributed by atoms with E-state index < -0.39 is 6.03 Å². The number of nitrogens with zero attached hydrogens (tertiary/aromatic N) is 2. The molecular weight excluding hydrogens is 208 g/mol. The second kappa shape index (κ2) is 5.72.